The molecule has 104 valence electrons. The van der Waals surface area contributed by atoms with E-state index in [1.54, 1.807) is 6.92 Å². The van der Waals surface area contributed by atoms with Gasteiger partial charge in [0, 0.05) is 32.4 Å². The van der Waals surface area contributed by atoms with Crippen LogP contribution in [0.3, 0.4) is 0 Å². The molecule has 3 rings (SSSR count). The van der Waals surface area contributed by atoms with Gasteiger partial charge in [0.15, 0.2) is 5.82 Å². The Bertz CT molecular complexity index is 636. The van der Waals surface area contributed by atoms with Gasteiger partial charge >= 0.3 is 0 Å². The van der Waals surface area contributed by atoms with E-state index in [9.17, 15) is 4.79 Å². The quantitative estimate of drug-likeness (QED) is 0.858. The predicted octanol–water partition coefficient (Wildman–Crippen LogP) is 2.20. The summed E-state index contributed by atoms with van der Waals surface area (Å²) in [6.45, 7) is 5.14. The Kier molecular flexibility index (Phi) is 3.26. The highest BCUT2D eigenvalue weighted by Crippen LogP contribution is 2.27. The van der Waals surface area contributed by atoms with E-state index in [1.807, 2.05) is 17.0 Å². The van der Waals surface area contributed by atoms with Crippen molar-refractivity contribution in [3.63, 3.8) is 0 Å². The summed E-state index contributed by atoms with van der Waals surface area (Å²) in [6, 6.07) is 8.14. The topological polar surface area (TPSA) is 59.2 Å². The van der Waals surface area contributed by atoms with Crippen LogP contribution in [0.2, 0.25) is 0 Å². The average Bonchev–Trinajstić information content (AvgIpc) is 2.99. The molecule has 1 amide bonds. The van der Waals surface area contributed by atoms with Gasteiger partial charge in [-0.3, -0.25) is 4.79 Å². The molecule has 1 aliphatic heterocycles. The fourth-order valence-electron chi connectivity index (χ4n) is 2.57. The Labute approximate surface area is 117 Å². The van der Waals surface area contributed by atoms with Crippen LogP contribution in [0, 0.1) is 13.8 Å². The fraction of sp³-hybridized carbons (Fsp3) is 0.400. The number of hydrogen-bond donors (Lipinski definition) is 0. The Morgan fingerprint density at radius 1 is 1.35 bits per heavy atom. The van der Waals surface area contributed by atoms with Gasteiger partial charge in [0.1, 0.15) is 0 Å². The zero-order valence-corrected chi connectivity index (χ0v) is 11.7. The van der Waals surface area contributed by atoms with Crippen LogP contribution >= 0.6 is 0 Å². The molecular weight excluding hydrogens is 254 g/mol. The van der Waals surface area contributed by atoms with Crippen molar-refractivity contribution in [1.82, 2.24) is 15.0 Å². The minimum Gasteiger partial charge on any atom is -0.340 e. The summed E-state index contributed by atoms with van der Waals surface area (Å²) in [6.07, 6.45) is 0.463. The molecule has 1 atom stereocenters. The molecule has 1 fully saturated rings. The van der Waals surface area contributed by atoms with Crippen molar-refractivity contribution in [2.75, 3.05) is 6.54 Å². The van der Waals surface area contributed by atoms with Gasteiger partial charge in [-0.2, -0.15) is 4.98 Å². The lowest BCUT2D eigenvalue weighted by Gasteiger charge is -2.17. The SMILES string of the molecule is Cc1nc(C2CC(=O)N(Cc3ccccc3C)C2)no1. The second kappa shape index (κ2) is 5.07. The number of carbonyl (C=O) groups is 1. The lowest BCUT2D eigenvalue weighted by molar-refractivity contribution is -0.128. The number of aromatic nitrogens is 2. The third-order valence-electron chi connectivity index (χ3n) is 3.75. The van der Waals surface area contributed by atoms with Gasteiger partial charge in [0.05, 0.1) is 0 Å². The molecule has 2 heterocycles. The van der Waals surface area contributed by atoms with Crippen LogP contribution in [0.15, 0.2) is 28.8 Å². The van der Waals surface area contributed by atoms with Crippen LogP contribution in [0.1, 0.15) is 35.2 Å². The molecule has 5 nitrogen and oxygen atoms in total. The number of aryl methyl sites for hydroxylation is 2. The molecule has 2 aromatic rings. The van der Waals surface area contributed by atoms with E-state index in [4.69, 9.17) is 4.52 Å². The number of hydrogen-bond acceptors (Lipinski definition) is 4. The lowest BCUT2D eigenvalue weighted by Crippen LogP contribution is -2.24. The van der Waals surface area contributed by atoms with Crippen LogP contribution in [0.5, 0.6) is 0 Å². The van der Waals surface area contributed by atoms with E-state index in [0.717, 1.165) is 0 Å². The van der Waals surface area contributed by atoms with Gasteiger partial charge in [-0.25, -0.2) is 0 Å². The summed E-state index contributed by atoms with van der Waals surface area (Å²) >= 11 is 0. The monoisotopic (exact) mass is 271 g/mol. The summed E-state index contributed by atoms with van der Waals surface area (Å²) in [7, 11) is 0. The number of nitrogens with zero attached hydrogens (tertiary/aromatic N) is 3. The molecule has 0 bridgehead atoms. The van der Waals surface area contributed by atoms with Crippen LogP contribution < -0.4 is 0 Å². The fourth-order valence-corrected chi connectivity index (χ4v) is 2.57. The Balaban J connectivity index is 1.73. The molecule has 1 aliphatic rings. The molecule has 5 heteroatoms. The molecule has 1 aromatic heterocycles. The van der Waals surface area contributed by atoms with Gasteiger partial charge in [-0.05, 0) is 18.1 Å². The number of likely N-dealkylation sites (tertiary alicyclic amines) is 1. The van der Waals surface area contributed by atoms with Crippen molar-refractivity contribution in [3.8, 4) is 0 Å². The van der Waals surface area contributed by atoms with E-state index in [2.05, 4.69) is 29.2 Å². The first-order valence-electron chi connectivity index (χ1n) is 6.76. The summed E-state index contributed by atoms with van der Waals surface area (Å²) < 4.78 is 4.99. The van der Waals surface area contributed by atoms with E-state index in [-0.39, 0.29) is 11.8 Å². The number of rotatable bonds is 3. The first kappa shape index (κ1) is 12.8. The van der Waals surface area contributed by atoms with E-state index >= 15 is 0 Å². The Morgan fingerprint density at radius 2 is 2.15 bits per heavy atom. The summed E-state index contributed by atoms with van der Waals surface area (Å²) in [5, 5.41) is 3.93. The standard InChI is InChI=1S/C15H17N3O2/c1-10-5-3-4-6-12(10)8-18-9-13(7-14(18)19)15-16-11(2)20-17-15/h3-6,13H,7-9H2,1-2H3. The third-order valence-corrected chi connectivity index (χ3v) is 3.75. The van der Waals surface area contributed by atoms with Crippen molar-refractivity contribution in [2.45, 2.75) is 32.7 Å². The van der Waals surface area contributed by atoms with Crippen LogP contribution in [-0.4, -0.2) is 27.5 Å². The zero-order chi connectivity index (χ0) is 14.1. The minimum absolute atomic E-state index is 0.0453. The summed E-state index contributed by atoms with van der Waals surface area (Å²) in [5.74, 6) is 1.39. The zero-order valence-electron chi connectivity index (χ0n) is 11.7. The Hall–Kier alpha value is -2.17. The van der Waals surface area contributed by atoms with Crippen LogP contribution in [0.4, 0.5) is 0 Å². The highest BCUT2D eigenvalue weighted by atomic mass is 16.5. The molecule has 0 saturated carbocycles. The molecular formula is C15H17N3O2. The largest absolute Gasteiger partial charge is 0.340 e. The second-order valence-electron chi connectivity index (χ2n) is 5.27. The second-order valence-corrected chi connectivity index (χ2v) is 5.27. The van der Waals surface area contributed by atoms with Gasteiger partial charge in [0.25, 0.3) is 0 Å². The number of carbonyl (C=O) groups excluding carboxylic acids is 1. The van der Waals surface area contributed by atoms with E-state index < -0.39 is 0 Å². The molecule has 1 unspecified atom stereocenters. The van der Waals surface area contributed by atoms with Gasteiger partial charge in [-0.1, -0.05) is 29.4 Å². The lowest BCUT2D eigenvalue weighted by atomic mass is 10.1. The van der Waals surface area contributed by atoms with Crippen LogP contribution in [0.25, 0.3) is 0 Å². The number of amides is 1. The smallest absolute Gasteiger partial charge is 0.223 e. The molecule has 0 N–H and O–H groups in total. The van der Waals surface area contributed by atoms with Gasteiger partial charge in [0.2, 0.25) is 11.8 Å². The summed E-state index contributed by atoms with van der Waals surface area (Å²) in [4.78, 5) is 18.2. The molecule has 1 saturated heterocycles. The van der Waals surface area contributed by atoms with Crippen molar-refractivity contribution < 1.29 is 9.32 Å². The normalized spacial score (nSPS) is 18.8. The Morgan fingerprint density at radius 3 is 2.85 bits per heavy atom. The highest BCUT2D eigenvalue weighted by molar-refractivity contribution is 5.79. The highest BCUT2D eigenvalue weighted by Gasteiger charge is 2.33. The maximum absolute atomic E-state index is 12.1. The van der Waals surface area contributed by atoms with E-state index in [0.29, 0.717) is 31.2 Å². The molecule has 20 heavy (non-hydrogen) atoms. The van der Waals surface area contributed by atoms with Crippen molar-refractivity contribution >= 4 is 5.91 Å². The third kappa shape index (κ3) is 2.43. The van der Waals surface area contributed by atoms with Gasteiger partial charge in [-0.15, -0.1) is 0 Å². The maximum Gasteiger partial charge on any atom is 0.223 e. The van der Waals surface area contributed by atoms with Crippen molar-refractivity contribution in [2.24, 2.45) is 0 Å². The van der Waals surface area contributed by atoms with Gasteiger partial charge < -0.3 is 9.42 Å². The van der Waals surface area contributed by atoms with Crippen LogP contribution in [-0.2, 0) is 11.3 Å². The molecule has 0 spiro atoms. The summed E-state index contributed by atoms with van der Waals surface area (Å²) in [5.41, 5.74) is 2.39. The maximum atomic E-state index is 12.1. The number of benzene rings is 1. The van der Waals surface area contributed by atoms with E-state index in [1.165, 1.54) is 11.1 Å². The van der Waals surface area contributed by atoms with Crippen molar-refractivity contribution in [1.29, 1.82) is 0 Å². The minimum atomic E-state index is 0.0453. The molecule has 1 aromatic carbocycles. The molecule has 0 aliphatic carbocycles. The predicted molar refractivity (Wildman–Crippen MR) is 73.0 cm³/mol. The molecule has 0 radical (unpaired) electrons. The average molecular weight is 271 g/mol. The van der Waals surface area contributed by atoms with Crippen molar-refractivity contribution in [3.05, 3.63) is 47.1 Å². The first-order chi connectivity index (χ1) is 9.63. The first-order valence-corrected chi connectivity index (χ1v) is 6.76.